The first-order chi connectivity index (χ1) is 12.0. The van der Waals surface area contributed by atoms with Crippen molar-refractivity contribution < 1.29 is 23.9 Å². The molecule has 9 heteroatoms. The molecule has 0 amide bonds. The highest BCUT2D eigenvalue weighted by Gasteiger charge is 2.23. The number of anilines is 1. The van der Waals surface area contributed by atoms with Gasteiger partial charge in [0, 0.05) is 30.4 Å². The number of nitrogens with zero attached hydrogens (tertiary/aromatic N) is 2. The minimum atomic E-state index is -0.744. The predicted molar refractivity (Wildman–Crippen MR) is 87.9 cm³/mol. The number of nitro groups is 1. The van der Waals surface area contributed by atoms with Crippen LogP contribution in [0.1, 0.15) is 13.3 Å². The van der Waals surface area contributed by atoms with Crippen LogP contribution in [-0.4, -0.2) is 36.8 Å². The molecule has 1 saturated heterocycles. The lowest BCUT2D eigenvalue weighted by Gasteiger charge is -2.13. The molecule has 1 aromatic rings. The summed E-state index contributed by atoms with van der Waals surface area (Å²) in [6.45, 7) is 9.72. The van der Waals surface area contributed by atoms with Crippen molar-refractivity contribution in [3.63, 3.8) is 0 Å². The molecule has 0 aliphatic carbocycles. The van der Waals surface area contributed by atoms with E-state index in [2.05, 4.69) is 10.2 Å². The van der Waals surface area contributed by atoms with Gasteiger partial charge in [-0.1, -0.05) is 0 Å². The molecule has 9 nitrogen and oxygen atoms in total. The van der Waals surface area contributed by atoms with Crippen molar-refractivity contribution in [2.75, 3.05) is 25.1 Å². The summed E-state index contributed by atoms with van der Waals surface area (Å²) in [5, 5.41) is 13.9. The van der Waals surface area contributed by atoms with Gasteiger partial charge in [0.1, 0.15) is 6.10 Å². The van der Waals surface area contributed by atoms with Crippen LogP contribution in [0.2, 0.25) is 0 Å². The van der Waals surface area contributed by atoms with E-state index in [-0.39, 0.29) is 29.8 Å². The number of carbonyl (C=O) groups excluding carboxylic acids is 1. The van der Waals surface area contributed by atoms with Crippen molar-refractivity contribution in [2.24, 2.45) is 0 Å². The van der Waals surface area contributed by atoms with Gasteiger partial charge in [0.25, 0.3) is 5.70 Å². The van der Waals surface area contributed by atoms with Gasteiger partial charge in [-0.15, -0.1) is 0 Å². The normalized spacial score (nSPS) is 16.8. The van der Waals surface area contributed by atoms with Crippen LogP contribution in [0.15, 0.2) is 30.1 Å². The van der Waals surface area contributed by atoms with Crippen LogP contribution in [0.5, 0.6) is 5.75 Å². The van der Waals surface area contributed by atoms with E-state index in [4.69, 9.17) is 20.8 Å². The number of hydrogen-bond donors (Lipinski definition) is 1. The summed E-state index contributed by atoms with van der Waals surface area (Å²) in [6, 6.07) is 4.20. The van der Waals surface area contributed by atoms with Gasteiger partial charge in [-0.05, 0) is 13.0 Å². The summed E-state index contributed by atoms with van der Waals surface area (Å²) in [6.07, 6.45) is 1.59. The summed E-state index contributed by atoms with van der Waals surface area (Å²) in [5.74, 6) is -0.647. The van der Waals surface area contributed by atoms with Crippen LogP contribution in [0.4, 0.5) is 11.4 Å². The molecule has 1 unspecified atom stereocenters. The Morgan fingerprint density at radius 2 is 2.40 bits per heavy atom. The molecular formula is C16H17N3O6. The fraction of sp³-hybridized carbons (Fsp3) is 0.375. The highest BCUT2D eigenvalue weighted by molar-refractivity contribution is 5.90. The van der Waals surface area contributed by atoms with E-state index in [9.17, 15) is 14.9 Å². The Bertz CT molecular complexity index is 719. The van der Waals surface area contributed by atoms with Gasteiger partial charge in [-0.2, -0.15) is 0 Å². The maximum atomic E-state index is 11.6. The predicted octanol–water partition coefficient (Wildman–Crippen LogP) is 2.50. The third-order valence-electron chi connectivity index (χ3n) is 3.32. The Morgan fingerprint density at radius 3 is 3.00 bits per heavy atom. The van der Waals surface area contributed by atoms with E-state index in [0.29, 0.717) is 25.3 Å². The SMILES string of the molecule is [C-]#[N+]/C(=C\Nc1ccc([N+](=O)[O-])c(OC2CCOC2)c1)C(=O)OCC. The summed E-state index contributed by atoms with van der Waals surface area (Å²) < 4.78 is 15.6. The molecule has 1 aliphatic heterocycles. The third kappa shape index (κ3) is 4.92. The summed E-state index contributed by atoms with van der Waals surface area (Å²) >= 11 is 0. The van der Waals surface area contributed by atoms with E-state index < -0.39 is 10.9 Å². The molecule has 1 aliphatic rings. The molecule has 1 aromatic carbocycles. The van der Waals surface area contributed by atoms with Gasteiger partial charge in [0.2, 0.25) is 0 Å². The van der Waals surface area contributed by atoms with Gasteiger partial charge >= 0.3 is 11.7 Å². The zero-order chi connectivity index (χ0) is 18.2. The van der Waals surface area contributed by atoms with Crippen LogP contribution < -0.4 is 10.1 Å². The van der Waals surface area contributed by atoms with Crippen molar-refractivity contribution in [1.29, 1.82) is 0 Å². The van der Waals surface area contributed by atoms with Crippen molar-refractivity contribution in [1.82, 2.24) is 0 Å². The van der Waals surface area contributed by atoms with Gasteiger partial charge in [0.05, 0.1) is 31.3 Å². The second-order valence-corrected chi connectivity index (χ2v) is 5.05. The smallest absolute Gasteiger partial charge is 0.337 e. The number of hydrogen-bond acceptors (Lipinski definition) is 7. The molecule has 1 N–H and O–H groups in total. The second kappa shape index (κ2) is 8.65. The van der Waals surface area contributed by atoms with Crippen molar-refractivity contribution in [2.45, 2.75) is 19.4 Å². The van der Waals surface area contributed by atoms with E-state index in [1.165, 1.54) is 24.4 Å². The molecule has 25 heavy (non-hydrogen) atoms. The molecule has 1 heterocycles. The number of ether oxygens (including phenoxy) is 3. The van der Waals surface area contributed by atoms with E-state index in [1.54, 1.807) is 6.92 Å². The molecule has 0 bridgehead atoms. The number of rotatable bonds is 7. The third-order valence-corrected chi connectivity index (χ3v) is 3.32. The molecule has 0 saturated carbocycles. The first-order valence-corrected chi connectivity index (χ1v) is 7.59. The number of nitrogens with one attached hydrogen (secondary N) is 1. The Hall–Kier alpha value is -3.12. The quantitative estimate of drug-likeness (QED) is 0.266. The fourth-order valence-corrected chi connectivity index (χ4v) is 2.13. The number of esters is 1. The topological polar surface area (TPSA) is 104 Å². The highest BCUT2D eigenvalue weighted by Crippen LogP contribution is 2.32. The zero-order valence-electron chi connectivity index (χ0n) is 13.6. The number of benzene rings is 1. The zero-order valence-corrected chi connectivity index (χ0v) is 13.6. The van der Waals surface area contributed by atoms with E-state index in [0.717, 1.165) is 0 Å². The van der Waals surface area contributed by atoms with Crippen LogP contribution in [0.3, 0.4) is 0 Å². The lowest BCUT2D eigenvalue weighted by atomic mass is 10.2. The molecule has 0 radical (unpaired) electrons. The highest BCUT2D eigenvalue weighted by atomic mass is 16.6. The summed E-state index contributed by atoms with van der Waals surface area (Å²) in [4.78, 5) is 25.3. The Kier molecular flexibility index (Phi) is 6.31. The maximum Gasteiger partial charge on any atom is 0.337 e. The summed E-state index contributed by atoms with van der Waals surface area (Å²) in [7, 11) is 0. The van der Waals surface area contributed by atoms with Crippen LogP contribution in [-0.2, 0) is 14.3 Å². The number of carbonyl (C=O) groups is 1. The van der Waals surface area contributed by atoms with Gasteiger partial charge in [-0.25, -0.2) is 4.85 Å². The largest absolute Gasteiger partial charge is 0.481 e. The van der Waals surface area contributed by atoms with Gasteiger partial charge < -0.3 is 19.5 Å². The molecule has 0 spiro atoms. The minimum Gasteiger partial charge on any atom is -0.481 e. The second-order valence-electron chi connectivity index (χ2n) is 5.05. The van der Waals surface area contributed by atoms with Crippen molar-refractivity contribution in [3.05, 3.63) is 51.6 Å². The van der Waals surface area contributed by atoms with Crippen LogP contribution in [0.25, 0.3) is 4.85 Å². The molecule has 0 aromatic heterocycles. The lowest BCUT2D eigenvalue weighted by molar-refractivity contribution is -0.386. The number of nitro benzene ring substituents is 1. The molecule has 1 fully saturated rings. The Balaban J connectivity index is 2.19. The monoisotopic (exact) mass is 347 g/mol. The average Bonchev–Trinajstić information content (AvgIpc) is 3.08. The average molecular weight is 347 g/mol. The first-order valence-electron chi connectivity index (χ1n) is 7.59. The lowest BCUT2D eigenvalue weighted by Crippen LogP contribution is -2.16. The maximum absolute atomic E-state index is 11.6. The standard InChI is InChI=1S/C16H17N3O6/c1-3-24-16(20)13(17-2)9-18-11-4-5-14(19(21)22)15(8-11)25-12-6-7-23-10-12/h4-5,8-9,12,18H,3,6-7,10H2,1H3/b13-9-. The summed E-state index contributed by atoms with van der Waals surface area (Å²) in [5.41, 5.74) is 0.0362. The molecule has 2 rings (SSSR count). The molecular weight excluding hydrogens is 330 g/mol. The fourth-order valence-electron chi connectivity index (χ4n) is 2.13. The van der Waals surface area contributed by atoms with Crippen LogP contribution in [0, 0.1) is 16.7 Å². The van der Waals surface area contributed by atoms with Gasteiger partial charge in [-0.3, -0.25) is 14.9 Å². The van der Waals surface area contributed by atoms with E-state index >= 15 is 0 Å². The first kappa shape index (κ1) is 18.2. The van der Waals surface area contributed by atoms with E-state index in [1.807, 2.05) is 0 Å². The van der Waals surface area contributed by atoms with Crippen molar-refractivity contribution >= 4 is 17.3 Å². The Labute approximate surface area is 144 Å². The molecule has 132 valence electrons. The minimum absolute atomic E-state index is 0.0967. The molecule has 1 atom stereocenters. The Morgan fingerprint density at radius 1 is 1.60 bits per heavy atom. The van der Waals surface area contributed by atoms with Gasteiger partial charge in [0.15, 0.2) is 5.75 Å². The van der Waals surface area contributed by atoms with Crippen molar-refractivity contribution in [3.8, 4) is 5.75 Å². The van der Waals surface area contributed by atoms with Crippen LogP contribution >= 0.6 is 0 Å².